The van der Waals surface area contributed by atoms with Gasteiger partial charge >= 0.3 is 6.03 Å². The first kappa shape index (κ1) is 15.8. The minimum atomic E-state index is -0.323. The van der Waals surface area contributed by atoms with Gasteiger partial charge in [-0.2, -0.15) is 0 Å². The molecule has 5 nitrogen and oxygen atoms in total. The monoisotopic (exact) mass is 335 g/mol. The number of hydrogen-bond donors (Lipinski definition) is 2. The zero-order chi connectivity index (χ0) is 17.2. The van der Waals surface area contributed by atoms with E-state index in [4.69, 9.17) is 0 Å². The van der Waals surface area contributed by atoms with E-state index in [1.54, 1.807) is 4.90 Å². The number of amides is 3. The van der Waals surface area contributed by atoms with Crippen LogP contribution in [0.5, 0.6) is 0 Å². The van der Waals surface area contributed by atoms with Gasteiger partial charge in [0.1, 0.15) is 0 Å². The molecule has 2 heterocycles. The normalized spacial score (nSPS) is 26.1. The number of carbonyl (C=O) groups is 2. The Morgan fingerprint density at radius 3 is 2.36 bits per heavy atom. The van der Waals surface area contributed by atoms with Crippen LogP contribution in [0.15, 0.2) is 60.7 Å². The lowest BCUT2D eigenvalue weighted by Gasteiger charge is -2.46. The number of piperidine rings is 1. The Bertz CT molecular complexity index is 763. The Hall–Kier alpha value is -2.66. The van der Waals surface area contributed by atoms with E-state index in [1.165, 1.54) is 0 Å². The second-order valence-corrected chi connectivity index (χ2v) is 6.64. The van der Waals surface area contributed by atoms with Gasteiger partial charge in [-0.05, 0) is 30.0 Å². The lowest BCUT2D eigenvalue weighted by Crippen LogP contribution is -2.67. The summed E-state index contributed by atoms with van der Waals surface area (Å²) < 4.78 is 0. The van der Waals surface area contributed by atoms with Crippen LogP contribution in [0, 0.1) is 5.92 Å². The van der Waals surface area contributed by atoms with Crippen molar-refractivity contribution in [2.24, 2.45) is 5.92 Å². The summed E-state index contributed by atoms with van der Waals surface area (Å²) in [5.74, 6) is -0.350. The first-order valence-corrected chi connectivity index (χ1v) is 8.68. The van der Waals surface area contributed by atoms with Crippen LogP contribution < -0.4 is 10.6 Å². The molecule has 2 saturated heterocycles. The Morgan fingerprint density at radius 2 is 1.64 bits per heavy atom. The standard InChI is InChI=1S/C20H21N3O2/c24-19-17-16(15-9-5-2-6-10-15)11-12-21-18(17)23(20(25)22-19)13-14-7-3-1-4-8-14/h1-10,16-18,21H,11-13H2,(H,22,24,25). The fraction of sp³-hybridized carbons (Fsp3) is 0.300. The van der Waals surface area contributed by atoms with Crippen LogP contribution in [-0.4, -0.2) is 29.5 Å². The molecular formula is C20H21N3O2. The van der Waals surface area contributed by atoms with Crippen molar-refractivity contribution in [2.75, 3.05) is 6.54 Å². The Kier molecular flexibility index (Phi) is 4.24. The van der Waals surface area contributed by atoms with Crippen LogP contribution in [-0.2, 0) is 11.3 Å². The maximum absolute atomic E-state index is 12.6. The topological polar surface area (TPSA) is 61.4 Å². The number of carbonyl (C=O) groups excluding carboxylic acids is 2. The van der Waals surface area contributed by atoms with Gasteiger partial charge < -0.3 is 4.90 Å². The molecule has 0 aliphatic carbocycles. The first-order chi connectivity index (χ1) is 12.2. The fourth-order valence-corrected chi connectivity index (χ4v) is 3.95. The van der Waals surface area contributed by atoms with Crippen LogP contribution in [0.25, 0.3) is 0 Å². The zero-order valence-electron chi connectivity index (χ0n) is 13.9. The van der Waals surface area contributed by atoms with Crippen molar-refractivity contribution in [3.05, 3.63) is 71.8 Å². The van der Waals surface area contributed by atoms with E-state index in [0.29, 0.717) is 6.54 Å². The number of urea groups is 1. The molecular weight excluding hydrogens is 314 g/mol. The summed E-state index contributed by atoms with van der Waals surface area (Å²) >= 11 is 0. The molecule has 2 fully saturated rings. The maximum Gasteiger partial charge on any atom is 0.325 e. The Balaban J connectivity index is 1.64. The predicted molar refractivity (Wildman–Crippen MR) is 94.6 cm³/mol. The van der Waals surface area contributed by atoms with Gasteiger partial charge in [0.25, 0.3) is 0 Å². The van der Waals surface area contributed by atoms with Gasteiger partial charge in [0.15, 0.2) is 0 Å². The van der Waals surface area contributed by atoms with Crippen molar-refractivity contribution in [1.82, 2.24) is 15.5 Å². The third kappa shape index (κ3) is 3.03. The van der Waals surface area contributed by atoms with Crippen molar-refractivity contribution in [2.45, 2.75) is 25.0 Å². The average molecular weight is 335 g/mol. The second kappa shape index (κ2) is 6.69. The molecule has 0 bridgehead atoms. The van der Waals surface area contributed by atoms with Crippen LogP contribution in [0.2, 0.25) is 0 Å². The summed E-state index contributed by atoms with van der Waals surface area (Å²) in [4.78, 5) is 26.8. The van der Waals surface area contributed by atoms with Crippen molar-refractivity contribution in [1.29, 1.82) is 0 Å². The molecule has 3 atom stereocenters. The van der Waals surface area contributed by atoms with E-state index in [1.807, 2.05) is 48.5 Å². The number of rotatable bonds is 3. The summed E-state index contributed by atoms with van der Waals surface area (Å²) in [6.07, 6.45) is 0.604. The average Bonchev–Trinajstić information content (AvgIpc) is 2.66. The number of benzene rings is 2. The maximum atomic E-state index is 12.6. The molecule has 4 rings (SSSR count). The molecule has 2 aliphatic rings. The van der Waals surface area contributed by atoms with E-state index < -0.39 is 0 Å². The molecule has 3 amide bonds. The van der Waals surface area contributed by atoms with E-state index in [2.05, 4.69) is 22.8 Å². The largest absolute Gasteiger partial charge is 0.325 e. The Labute approximate surface area is 147 Å². The van der Waals surface area contributed by atoms with Gasteiger partial charge in [0.05, 0.1) is 12.1 Å². The van der Waals surface area contributed by atoms with E-state index in [-0.39, 0.29) is 29.9 Å². The minimum Gasteiger partial charge on any atom is -0.304 e. The van der Waals surface area contributed by atoms with Crippen molar-refractivity contribution in [3.8, 4) is 0 Å². The molecule has 5 heteroatoms. The van der Waals surface area contributed by atoms with Crippen molar-refractivity contribution < 1.29 is 9.59 Å². The fourth-order valence-electron chi connectivity index (χ4n) is 3.95. The molecule has 128 valence electrons. The molecule has 0 aromatic heterocycles. The molecule has 2 N–H and O–H groups in total. The zero-order valence-corrected chi connectivity index (χ0v) is 13.9. The molecule has 2 aliphatic heterocycles. The lowest BCUT2D eigenvalue weighted by molar-refractivity contribution is -0.131. The van der Waals surface area contributed by atoms with Gasteiger partial charge in [-0.25, -0.2) is 4.79 Å². The van der Waals surface area contributed by atoms with Crippen molar-refractivity contribution >= 4 is 11.9 Å². The van der Waals surface area contributed by atoms with Gasteiger partial charge in [-0.15, -0.1) is 0 Å². The van der Waals surface area contributed by atoms with Crippen LogP contribution in [0.1, 0.15) is 23.5 Å². The highest BCUT2D eigenvalue weighted by Gasteiger charge is 2.47. The molecule has 0 radical (unpaired) electrons. The summed E-state index contributed by atoms with van der Waals surface area (Å²) in [5.41, 5.74) is 2.21. The van der Waals surface area contributed by atoms with E-state index >= 15 is 0 Å². The van der Waals surface area contributed by atoms with E-state index in [0.717, 1.165) is 24.1 Å². The lowest BCUT2D eigenvalue weighted by atomic mass is 9.77. The SMILES string of the molecule is O=C1NC(=O)N(Cc2ccccc2)C2NCCC(c3ccccc3)C12. The number of imide groups is 1. The molecule has 2 aromatic rings. The highest BCUT2D eigenvalue weighted by molar-refractivity contribution is 5.99. The third-order valence-corrected chi connectivity index (χ3v) is 5.14. The second-order valence-electron chi connectivity index (χ2n) is 6.64. The minimum absolute atomic E-state index is 0.110. The number of fused-ring (bicyclic) bond motifs is 1. The van der Waals surface area contributed by atoms with Gasteiger partial charge in [0, 0.05) is 6.54 Å². The van der Waals surface area contributed by atoms with Crippen LogP contribution >= 0.6 is 0 Å². The van der Waals surface area contributed by atoms with Gasteiger partial charge in [0.2, 0.25) is 5.91 Å². The number of hydrogen-bond acceptors (Lipinski definition) is 3. The number of nitrogens with one attached hydrogen (secondary N) is 2. The smallest absolute Gasteiger partial charge is 0.304 e. The number of nitrogens with zero attached hydrogens (tertiary/aromatic N) is 1. The Morgan fingerprint density at radius 1 is 0.960 bits per heavy atom. The quantitative estimate of drug-likeness (QED) is 0.906. The van der Waals surface area contributed by atoms with E-state index in [9.17, 15) is 9.59 Å². The van der Waals surface area contributed by atoms with Gasteiger partial charge in [-0.3, -0.25) is 15.4 Å². The summed E-state index contributed by atoms with van der Waals surface area (Å²) in [6.45, 7) is 1.27. The summed E-state index contributed by atoms with van der Waals surface area (Å²) in [7, 11) is 0. The molecule has 0 saturated carbocycles. The van der Waals surface area contributed by atoms with Crippen molar-refractivity contribution in [3.63, 3.8) is 0 Å². The summed E-state index contributed by atoms with van der Waals surface area (Å²) in [5, 5.41) is 5.95. The first-order valence-electron chi connectivity index (χ1n) is 8.68. The molecule has 25 heavy (non-hydrogen) atoms. The molecule has 3 unspecified atom stereocenters. The molecule has 2 aromatic carbocycles. The van der Waals surface area contributed by atoms with Crippen LogP contribution in [0.3, 0.4) is 0 Å². The van der Waals surface area contributed by atoms with Crippen LogP contribution in [0.4, 0.5) is 4.79 Å². The highest BCUT2D eigenvalue weighted by Crippen LogP contribution is 2.36. The third-order valence-electron chi connectivity index (χ3n) is 5.14. The highest BCUT2D eigenvalue weighted by atomic mass is 16.2. The molecule has 0 spiro atoms. The summed E-state index contributed by atoms with van der Waals surface area (Å²) in [6, 6.07) is 19.7. The predicted octanol–water partition coefficient (Wildman–Crippen LogP) is 2.46. The van der Waals surface area contributed by atoms with Gasteiger partial charge in [-0.1, -0.05) is 60.7 Å².